The number of hydrogen-bond donors (Lipinski definition) is 2. The lowest BCUT2D eigenvalue weighted by Crippen LogP contribution is -2.38. The Morgan fingerprint density at radius 2 is 1.92 bits per heavy atom. The molecule has 0 bridgehead atoms. The average molecular weight is 363 g/mol. The van der Waals surface area contributed by atoms with Gasteiger partial charge in [0.2, 0.25) is 5.91 Å². The predicted molar refractivity (Wildman–Crippen MR) is 88.3 cm³/mol. The van der Waals surface area contributed by atoms with E-state index in [0.717, 1.165) is 12.1 Å². The average Bonchev–Trinajstić information content (AvgIpc) is 2.59. The summed E-state index contributed by atoms with van der Waals surface area (Å²) in [6, 6.07) is 7.32. The van der Waals surface area contributed by atoms with Gasteiger partial charge in [0, 0.05) is 29.3 Å². The predicted octanol–water partition coefficient (Wildman–Crippen LogP) is 2.48. The van der Waals surface area contributed by atoms with Crippen molar-refractivity contribution in [2.75, 3.05) is 6.54 Å². The smallest absolute Gasteiger partial charge is 0.270 e. The maximum absolute atomic E-state index is 13.7. The molecule has 2 rings (SSSR count). The Kier molecular flexibility index (Phi) is 5.94. The van der Waals surface area contributed by atoms with E-state index in [4.69, 9.17) is 0 Å². The maximum Gasteiger partial charge on any atom is 0.270 e. The SMILES string of the molecule is C[C@@H](NC(=O)CNC(=O)c1cccc([N+](=O)[O-])c1)c1ccc(F)cc1F. The third-order valence-corrected chi connectivity index (χ3v) is 3.54. The van der Waals surface area contributed by atoms with Crippen LogP contribution in [0.5, 0.6) is 0 Å². The number of carbonyl (C=O) groups excluding carboxylic acids is 2. The van der Waals surface area contributed by atoms with Crippen LogP contribution in [-0.4, -0.2) is 23.3 Å². The normalized spacial score (nSPS) is 11.5. The molecule has 0 aliphatic rings. The van der Waals surface area contributed by atoms with Crippen molar-refractivity contribution in [3.63, 3.8) is 0 Å². The fraction of sp³-hybridized carbons (Fsp3) is 0.176. The van der Waals surface area contributed by atoms with Crippen LogP contribution in [-0.2, 0) is 4.79 Å². The summed E-state index contributed by atoms with van der Waals surface area (Å²) in [5.74, 6) is -2.78. The second kappa shape index (κ2) is 8.15. The summed E-state index contributed by atoms with van der Waals surface area (Å²) >= 11 is 0. The molecule has 0 aliphatic heterocycles. The number of rotatable bonds is 6. The first-order chi connectivity index (χ1) is 12.3. The van der Waals surface area contributed by atoms with E-state index in [9.17, 15) is 28.5 Å². The molecule has 2 aromatic carbocycles. The summed E-state index contributed by atoms with van der Waals surface area (Å²) in [6.45, 7) is 1.10. The van der Waals surface area contributed by atoms with Crippen molar-refractivity contribution >= 4 is 17.5 Å². The summed E-state index contributed by atoms with van der Waals surface area (Å²) in [6.07, 6.45) is 0. The van der Waals surface area contributed by atoms with E-state index in [1.165, 1.54) is 31.2 Å². The van der Waals surface area contributed by atoms with Gasteiger partial charge in [0.15, 0.2) is 0 Å². The molecule has 2 aromatic rings. The van der Waals surface area contributed by atoms with E-state index in [0.29, 0.717) is 6.07 Å². The number of halogens is 2. The van der Waals surface area contributed by atoms with Crippen molar-refractivity contribution in [1.29, 1.82) is 0 Å². The largest absolute Gasteiger partial charge is 0.348 e. The van der Waals surface area contributed by atoms with E-state index in [2.05, 4.69) is 10.6 Å². The fourth-order valence-electron chi connectivity index (χ4n) is 2.25. The first-order valence-corrected chi connectivity index (χ1v) is 7.55. The van der Waals surface area contributed by atoms with E-state index >= 15 is 0 Å². The molecule has 0 saturated heterocycles. The highest BCUT2D eigenvalue weighted by Crippen LogP contribution is 2.17. The van der Waals surface area contributed by atoms with E-state index in [-0.39, 0.29) is 16.8 Å². The van der Waals surface area contributed by atoms with Crippen LogP contribution in [0.2, 0.25) is 0 Å². The molecule has 0 saturated carbocycles. The number of nitro groups is 1. The van der Waals surface area contributed by atoms with E-state index in [1.54, 1.807) is 0 Å². The van der Waals surface area contributed by atoms with Gasteiger partial charge in [-0.3, -0.25) is 19.7 Å². The number of carbonyl (C=O) groups is 2. The van der Waals surface area contributed by atoms with Gasteiger partial charge in [-0.2, -0.15) is 0 Å². The Labute approximate surface area is 147 Å². The second-order valence-corrected chi connectivity index (χ2v) is 5.45. The highest BCUT2D eigenvalue weighted by molar-refractivity contribution is 5.96. The summed E-state index contributed by atoms with van der Waals surface area (Å²) in [5.41, 5.74) is -0.114. The van der Waals surface area contributed by atoms with Gasteiger partial charge in [0.05, 0.1) is 17.5 Å². The Morgan fingerprint density at radius 1 is 1.19 bits per heavy atom. The lowest BCUT2D eigenvalue weighted by atomic mass is 10.1. The van der Waals surface area contributed by atoms with Crippen molar-refractivity contribution in [2.24, 2.45) is 0 Å². The minimum Gasteiger partial charge on any atom is -0.348 e. The van der Waals surface area contributed by atoms with Gasteiger partial charge in [0.1, 0.15) is 11.6 Å². The molecule has 0 heterocycles. The molecule has 2 amide bonds. The Balaban J connectivity index is 1.92. The van der Waals surface area contributed by atoms with Crippen LogP contribution in [0.4, 0.5) is 14.5 Å². The Bertz CT molecular complexity index is 858. The maximum atomic E-state index is 13.7. The molecule has 0 aromatic heterocycles. The lowest BCUT2D eigenvalue weighted by Gasteiger charge is -2.15. The van der Waals surface area contributed by atoms with Crippen LogP contribution in [0.1, 0.15) is 28.9 Å². The molecule has 0 aliphatic carbocycles. The third kappa shape index (κ3) is 4.82. The molecule has 0 unspecified atom stereocenters. The number of non-ortho nitro benzene ring substituents is 1. The molecular weight excluding hydrogens is 348 g/mol. The Morgan fingerprint density at radius 3 is 2.58 bits per heavy atom. The standard InChI is InChI=1S/C17H15F2N3O4/c1-10(14-6-5-12(18)8-15(14)19)21-16(23)9-20-17(24)11-3-2-4-13(7-11)22(25)26/h2-8,10H,9H2,1H3,(H,20,24)(H,21,23)/t10-/m1/s1. The molecule has 0 fully saturated rings. The van der Waals surface area contributed by atoms with E-state index in [1.807, 2.05) is 0 Å². The van der Waals surface area contributed by atoms with Gasteiger partial charge >= 0.3 is 0 Å². The molecule has 2 N–H and O–H groups in total. The van der Waals surface area contributed by atoms with Crippen LogP contribution < -0.4 is 10.6 Å². The highest BCUT2D eigenvalue weighted by Gasteiger charge is 2.16. The van der Waals surface area contributed by atoms with Crippen molar-refractivity contribution in [1.82, 2.24) is 10.6 Å². The monoisotopic (exact) mass is 363 g/mol. The van der Waals surface area contributed by atoms with Crippen LogP contribution in [0.3, 0.4) is 0 Å². The molecule has 7 nitrogen and oxygen atoms in total. The molecule has 26 heavy (non-hydrogen) atoms. The summed E-state index contributed by atoms with van der Waals surface area (Å²) in [7, 11) is 0. The molecule has 1 atom stereocenters. The topological polar surface area (TPSA) is 101 Å². The number of hydrogen-bond acceptors (Lipinski definition) is 4. The van der Waals surface area contributed by atoms with Crippen LogP contribution >= 0.6 is 0 Å². The minimum atomic E-state index is -0.793. The quantitative estimate of drug-likeness (QED) is 0.608. The van der Waals surface area contributed by atoms with Gasteiger partial charge in [-0.05, 0) is 19.1 Å². The number of nitro benzene ring substituents is 1. The van der Waals surface area contributed by atoms with Crippen molar-refractivity contribution in [3.05, 3.63) is 75.3 Å². The third-order valence-electron chi connectivity index (χ3n) is 3.54. The van der Waals surface area contributed by atoms with Crippen molar-refractivity contribution in [2.45, 2.75) is 13.0 Å². The van der Waals surface area contributed by atoms with Gasteiger partial charge in [-0.1, -0.05) is 12.1 Å². The van der Waals surface area contributed by atoms with Crippen molar-refractivity contribution in [3.8, 4) is 0 Å². The van der Waals surface area contributed by atoms with Gasteiger partial charge in [-0.15, -0.1) is 0 Å². The van der Waals surface area contributed by atoms with Crippen LogP contribution in [0.15, 0.2) is 42.5 Å². The van der Waals surface area contributed by atoms with Crippen molar-refractivity contribution < 1.29 is 23.3 Å². The summed E-state index contributed by atoms with van der Waals surface area (Å²) < 4.78 is 26.6. The second-order valence-electron chi connectivity index (χ2n) is 5.45. The number of amides is 2. The number of benzene rings is 2. The summed E-state index contributed by atoms with van der Waals surface area (Å²) in [4.78, 5) is 33.9. The van der Waals surface area contributed by atoms with E-state index < -0.39 is 41.0 Å². The zero-order chi connectivity index (χ0) is 19.3. The molecule has 9 heteroatoms. The minimum absolute atomic E-state index is 0.0321. The van der Waals surface area contributed by atoms with Crippen LogP contribution in [0.25, 0.3) is 0 Å². The Hall–Kier alpha value is -3.36. The highest BCUT2D eigenvalue weighted by atomic mass is 19.1. The number of nitrogens with one attached hydrogen (secondary N) is 2. The first kappa shape index (κ1) is 19.0. The van der Waals surface area contributed by atoms with Gasteiger partial charge < -0.3 is 10.6 Å². The van der Waals surface area contributed by atoms with Gasteiger partial charge in [-0.25, -0.2) is 8.78 Å². The molecule has 0 radical (unpaired) electrons. The fourth-order valence-corrected chi connectivity index (χ4v) is 2.25. The zero-order valence-corrected chi connectivity index (χ0v) is 13.7. The summed E-state index contributed by atoms with van der Waals surface area (Å²) in [5, 5.41) is 15.5. The zero-order valence-electron chi connectivity index (χ0n) is 13.7. The first-order valence-electron chi connectivity index (χ1n) is 7.55. The van der Waals surface area contributed by atoms with Crippen LogP contribution in [0, 0.1) is 21.7 Å². The number of nitrogens with zero attached hydrogens (tertiary/aromatic N) is 1. The molecular formula is C17H15F2N3O4. The lowest BCUT2D eigenvalue weighted by molar-refractivity contribution is -0.384. The van der Waals surface area contributed by atoms with Gasteiger partial charge in [0.25, 0.3) is 11.6 Å². The molecule has 0 spiro atoms. The molecule has 136 valence electrons.